The first-order valence-corrected chi connectivity index (χ1v) is 7.81. The third kappa shape index (κ3) is 2.32. The van der Waals surface area contributed by atoms with Gasteiger partial charge in [-0.2, -0.15) is 0 Å². The normalized spacial score (nSPS) is 33.2. The van der Waals surface area contributed by atoms with Gasteiger partial charge in [-0.15, -0.1) is 0 Å². The summed E-state index contributed by atoms with van der Waals surface area (Å²) in [4.78, 5) is 28.4. The van der Waals surface area contributed by atoms with Crippen LogP contribution in [0.25, 0.3) is 0 Å². The van der Waals surface area contributed by atoms with Crippen molar-refractivity contribution in [3.8, 4) is 0 Å². The molecule has 20 heavy (non-hydrogen) atoms. The lowest BCUT2D eigenvalue weighted by Gasteiger charge is -2.44. The summed E-state index contributed by atoms with van der Waals surface area (Å²) in [6.45, 7) is 7.41. The van der Waals surface area contributed by atoms with Crippen LogP contribution >= 0.6 is 0 Å². The molecule has 1 N–H and O–H groups in total. The maximum Gasteiger partial charge on any atom is 0.240 e. The predicted octanol–water partition coefficient (Wildman–Crippen LogP) is 0.598. The van der Waals surface area contributed by atoms with Crippen LogP contribution in [-0.4, -0.2) is 59.9 Å². The van der Waals surface area contributed by atoms with E-state index in [4.69, 9.17) is 0 Å². The number of carbonyl (C=O) groups excluding carboxylic acids is 2. The van der Waals surface area contributed by atoms with E-state index in [1.807, 2.05) is 9.80 Å². The first kappa shape index (κ1) is 13.9. The van der Waals surface area contributed by atoms with Gasteiger partial charge >= 0.3 is 0 Å². The Morgan fingerprint density at radius 2 is 2.15 bits per heavy atom. The zero-order valence-corrected chi connectivity index (χ0v) is 12.5. The van der Waals surface area contributed by atoms with Crippen molar-refractivity contribution in [2.24, 2.45) is 5.41 Å². The molecule has 0 bridgehead atoms. The molecule has 2 atom stereocenters. The lowest BCUT2D eigenvalue weighted by molar-refractivity contribution is -0.143. The van der Waals surface area contributed by atoms with Crippen molar-refractivity contribution in [3.05, 3.63) is 0 Å². The summed E-state index contributed by atoms with van der Waals surface area (Å²) < 4.78 is 0. The highest BCUT2D eigenvalue weighted by molar-refractivity contribution is 5.84. The Morgan fingerprint density at radius 3 is 2.90 bits per heavy atom. The maximum absolute atomic E-state index is 12.8. The molecular weight excluding hydrogens is 254 g/mol. The van der Waals surface area contributed by atoms with Crippen molar-refractivity contribution < 1.29 is 9.59 Å². The van der Waals surface area contributed by atoms with Crippen LogP contribution in [0.4, 0.5) is 0 Å². The number of hydrogen-bond acceptors (Lipinski definition) is 3. The molecule has 3 aliphatic heterocycles. The minimum absolute atomic E-state index is 0.0258. The number of hydrogen-bond donors (Lipinski definition) is 1. The van der Waals surface area contributed by atoms with Gasteiger partial charge in [-0.3, -0.25) is 9.59 Å². The smallest absolute Gasteiger partial charge is 0.240 e. The van der Waals surface area contributed by atoms with E-state index in [0.29, 0.717) is 19.5 Å². The third-order valence-electron chi connectivity index (χ3n) is 5.18. The lowest BCUT2D eigenvalue weighted by Crippen LogP contribution is -2.61. The van der Waals surface area contributed by atoms with Gasteiger partial charge in [-0.25, -0.2) is 0 Å². The van der Waals surface area contributed by atoms with Gasteiger partial charge in [-0.1, -0.05) is 13.8 Å². The summed E-state index contributed by atoms with van der Waals surface area (Å²) in [5, 5.41) is 3.40. The zero-order valence-electron chi connectivity index (χ0n) is 12.5. The number of carbonyl (C=O) groups is 2. The molecule has 5 heteroatoms. The van der Waals surface area contributed by atoms with Crippen LogP contribution in [0.1, 0.15) is 39.5 Å². The molecule has 0 aromatic carbocycles. The van der Waals surface area contributed by atoms with E-state index in [0.717, 1.165) is 32.4 Å². The Kier molecular flexibility index (Phi) is 3.48. The fraction of sp³-hybridized carbons (Fsp3) is 0.867. The van der Waals surface area contributed by atoms with Gasteiger partial charge in [0.2, 0.25) is 11.8 Å². The van der Waals surface area contributed by atoms with Crippen molar-refractivity contribution in [2.45, 2.75) is 51.6 Å². The van der Waals surface area contributed by atoms with E-state index in [9.17, 15) is 9.59 Å². The number of amides is 2. The van der Waals surface area contributed by atoms with Gasteiger partial charge < -0.3 is 15.1 Å². The topological polar surface area (TPSA) is 52.7 Å². The molecule has 3 fully saturated rings. The van der Waals surface area contributed by atoms with Crippen LogP contribution < -0.4 is 5.32 Å². The molecule has 0 spiro atoms. The monoisotopic (exact) mass is 279 g/mol. The second-order valence-electron chi connectivity index (χ2n) is 7.04. The first-order valence-electron chi connectivity index (χ1n) is 7.81. The summed E-state index contributed by atoms with van der Waals surface area (Å²) >= 11 is 0. The Morgan fingerprint density at radius 1 is 1.35 bits per heavy atom. The molecule has 0 aromatic heterocycles. The van der Waals surface area contributed by atoms with E-state index >= 15 is 0 Å². The summed E-state index contributed by atoms with van der Waals surface area (Å²) in [5.74, 6) is 0.493. The zero-order chi connectivity index (χ0) is 14.3. The van der Waals surface area contributed by atoms with Crippen LogP contribution in [0, 0.1) is 5.41 Å². The minimum atomic E-state index is -0.0695. The quantitative estimate of drug-likeness (QED) is 0.764. The number of rotatable bonds is 1. The maximum atomic E-state index is 12.8. The minimum Gasteiger partial charge on any atom is -0.337 e. The highest BCUT2D eigenvalue weighted by atomic mass is 16.2. The molecule has 0 saturated carbocycles. The SMILES string of the molecule is CC1(C)CCCNC1C(=O)N1CCN2C(=O)CCC2C1. The van der Waals surface area contributed by atoms with Crippen LogP contribution in [0.5, 0.6) is 0 Å². The number of fused-ring (bicyclic) bond motifs is 1. The van der Waals surface area contributed by atoms with E-state index in [1.54, 1.807) is 0 Å². The van der Waals surface area contributed by atoms with E-state index in [2.05, 4.69) is 19.2 Å². The fourth-order valence-electron chi connectivity index (χ4n) is 3.88. The molecule has 3 rings (SSSR count). The molecule has 0 aliphatic carbocycles. The largest absolute Gasteiger partial charge is 0.337 e. The van der Waals surface area contributed by atoms with Gasteiger partial charge in [0.15, 0.2) is 0 Å². The molecule has 2 amide bonds. The summed E-state index contributed by atoms with van der Waals surface area (Å²) in [6.07, 6.45) is 3.80. The van der Waals surface area contributed by atoms with Gasteiger partial charge in [-0.05, 0) is 31.2 Å². The van der Waals surface area contributed by atoms with Crippen molar-refractivity contribution in [1.82, 2.24) is 15.1 Å². The van der Waals surface area contributed by atoms with Gasteiger partial charge in [0.05, 0.1) is 6.04 Å². The van der Waals surface area contributed by atoms with Crippen molar-refractivity contribution >= 4 is 11.8 Å². The first-order chi connectivity index (χ1) is 9.49. The van der Waals surface area contributed by atoms with Crippen molar-refractivity contribution in [2.75, 3.05) is 26.2 Å². The summed E-state index contributed by atoms with van der Waals surface area (Å²) in [7, 11) is 0. The number of piperazine rings is 1. The number of piperidine rings is 1. The molecule has 3 aliphatic rings. The predicted molar refractivity (Wildman–Crippen MR) is 76.1 cm³/mol. The van der Waals surface area contributed by atoms with Crippen molar-refractivity contribution in [3.63, 3.8) is 0 Å². The molecule has 3 saturated heterocycles. The average Bonchev–Trinajstić information content (AvgIpc) is 2.79. The molecule has 0 aromatic rings. The highest BCUT2D eigenvalue weighted by Crippen LogP contribution is 2.32. The van der Waals surface area contributed by atoms with Gasteiger partial charge in [0.25, 0.3) is 0 Å². The molecule has 3 heterocycles. The summed E-state index contributed by atoms with van der Waals surface area (Å²) in [5.41, 5.74) is 0.0258. The second kappa shape index (κ2) is 5.02. The highest BCUT2D eigenvalue weighted by Gasteiger charge is 2.42. The van der Waals surface area contributed by atoms with Gasteiger partial charge in [0.1, 0.15) is 0 Å². The molecular formula is C15H25N3O2. The van der Waals surface area contributed by atoms with Crippen LogP contribution in [0.15, 0.2) is 0 Å². The van der Waals surface area contributed by atoms with Crippen molar-refractivity contribution in [1.29, 1.82) is 0 Å². The van der Waals surface area contributed by atoms with Crippen LogP contribution in [-0.2, 0) is 9.59 Å². The van der Waals surface area contributed by atoms with Crippen LogP contribution in [0.3, 0.4) is 0 Å². The standard InChI is InChI=1S/C15H25N3O2/c1-15(2)6-3-7-16-13(15)14(20)17-8-9-18-11(10-17)4-5-12(18)19/h11,13,16H,3-10H2,1-2H3. The number of nitrogens with zero attached hydrogens (tertiary/aromatic N) is 2. The molecule has 112 valence electrons. The number of nitrogens with one attached hydrogen (secondary N) is 1. The Hall–Kier alpha value is -1.10. The Balaban J connectivity index is 1.67. The second-order valence-corrected chi connectivity index (χ2v) is 7.04. The Bertz CT molecular complexity index is 421. The molecule has 5 nitrogen and oxygen atoms in total. The molecule has 0 radical (unpaired) electrons. The van der Waals surface area contributed by atoms with E-state index in [1.165, 1.54) is 0 Å². The fourth-order valence-corrected chi connectivity index (χ4v) is 3.88. The lowest BCUT2D eigenvalue weighted by atomic mass is 9.77. The van der Waals surface area contributed by atoms with Gasteiger partial charge in [0, 0.05) is 32.1 Å². The Labute approximate surface area is 120 Å². The summed E-state index contributed by atoms with van der Waals surface area (Å²) in [6, 6.07) is 0.187. The van der Waals surface area contributed by atoms with Crippen LogP contribution in [0.2, 0.25) is 0 Å². The molecule has 2 unspecified atom stereocenters. The average molecular weight is 279 g/mol. The van der Waals surface area contributed by atoms with E-state index < -0.39 is 0 Å². The van der Waals surface area contributed by atoms with E-state index in [-0.39, 0.29) is 29.3 Å². The third-order valence-corrected chi connectivity index (χ3v) is 5.18.